The lowest BCUT2D eigenvalue weighted by Gasteiger charge is -2.19. The van der Waals surface area contributed by atoms with Gasteiger partial charge in [0.25, 0.3) is 22.2 Å². The summed E-state index contributed by atoms with van der Waals surface area (Å²) in [4.78, 5) is 137. The Labute approximate surface area is 856 Å². The van der Waals surface area contributed by atoms with E-state index in [0.717, 1.165) is 80.4 Å². The maximum Gasteiger partial charge on any atom is 0.356 e. The molecule has 0 saturated heterocycles. The van der Waals surface area contributed by atoms with E-state index in [1.165, 1.54) is 68.6 Å². The van der Waals surface area contributed by atoms with Gasteiger partial charge in [-0.2, -0.15) is 19.9 Å². The Morgan fingerprint density at radius 2 is 0.673 bits per heavy atom. The van der Waals surface area contributed by atoms with Crippen molar-refractivity contribution in [1.29, 1.82) is 0 Å². The first-order valence-electron chi connectivity index (χ1n) is 45.1. The topological polar surface area (TPSA) is 615 Å². The van der Waals surface area contributed by atoms with Crippen molar-refractivity contribution in [3.63, 3.8) is 0 Å². The minimum Gasteiger partial charge on any atom is -0.496 e. The zero-order valence-corrected chi connectivity index (χ0v) is 87.7. The van der Waals surface area contributed by atoms with Crippen molar-refractivity contribution in [2.75, 3.05) is 131 Å². The third-order valence-electron chi connectivity index (χ3n) is 20.3. The molecule has 0 aliphatic rings. The number of halogens is 2. The molecule has 0 aliphatic heterocycles. The van der Waals surface area contributed by atoms with Crippen LogP contribution in [0.4, 0.5) is 32.6 Å². The molecule has 12 N–H and O–H groups in total. The summed E-state index contributed by atoms with van der Waals surface area (Å²) in [6, 6.07) is 39.3. The molecule has 6 aromatic carbocycles. The van der Waals surface area contributed by atoms with Crippen LogP contribution in [0.5, 0.6) is 5.75 Å². The number of aromatic amines is 4. The van der Waals surface area contributed by atoms with E-state index in [1.807, 2.05) is 94.4 Å². The van der Waals surface area contributed by atoms with Crippen LogP contribution in [-0.4, -0.2) is 207 Å². The van der Waals surface area contributed by atoms with E-state index in [4.69, 9.17) is 82.8 Å². The van der Waals surface area contributed by atoms with E-state index >= 15 is 0 Å². The zero-order chi connectivity index (χ0) is 106. The highest BCUT2D eigenvalue weighted by Crippen LogP contribution is 2.52. The van der Waals surface area contributed by atoms with Gasteiger partial charge in [0.1, 0.15) is 42.8 Å². The number of carbonyl (C=O) groups excluding carboxylic acids is 4. The quantitative estimate of drug-likeness (QED) is 0.0130. The number of hydrogen-bond acceptors (Lipinski definition) is 41. The zero-order valence-electron chi connectivity index (χ0n) is 80.8. The Morgan fingerprint density at radius 3 is 0.986 bits per heavy atom. The minimum absolute atomic E-state index is 0.00370. The van der Waals surface area contributed by atoms with Crippen molar-refractivity contribution >= 4 is 166 Å². The fourth-order valence-electron chi connectivity index (χ4n) is 12.9. The highest BCUT2D eigenvalue weighted by Gasteiger charge is 2.31. The highest BCUT2D eigenvalue weighted by atomic mass is 32.2. The van der Waals surface area contributed by atoms with E-state index in [0.29, 0.717) is 74.3 Å². The number of nitrogens with two attached hydrogens (primary N) is 4. The maximum absolute atomic E-state index is 13.6. The second kappa shape index (κ2) is 57.0. The third kappa shape index (κ3) is 37.1. The number of anilines is 4. The molecule has 14 rings (SSSR count). The monoisotopic (exact) mass is 2180 g/mol. The summed E-state index contributed by atoms with van der Waals surface area (Å²) in [6.45, 7) is 12.4. The number of aryl methyl sites for hydroxylation is 4. The number of nitrogen functional groups attached to an aromatic ring is 4. The Morgan fingerprint density at radius 1 is 0.374 bits per heavy atom. The molecule has 0 amide bonds. The number of aromatic nitrogens is 16. The van der Waals surface area contributed by atoms with Gasteiger partial charge in [0.15, 0.2) is 54.9 Å². The van der Waals surface area contributed by atoms with E-state index in [2.05, 4.69) is 59.8 Å². The fourth-order valence-corrected chi connectivity index (χ4v) is 20.9. The number of nitrogens with one attached hydrogen (secondary N) is 4. The number of fused-ring (bicyclic) bond motifs is 4. The largest absolute Gasteiger partial charge is 0.496 e. The molecule has 147 heavy (non-hydrogen) atoms. The lowest BCUT2D eigenvalue weighted by molar-refractivity contribution is -0.111. The number of hydrogen-bond donors (Lipinski definition) is 8. The van der Waals surface area contributed by atoms with Crippen molar-refractivity contribution < 1.29 is 106 Å². The van der Waals surface area contributed by atoms with Crippen LogP contribution >= 0.6 is 77.4 Å². The van der Waals surface area contributed by atoms with Gasteiger partial charge in [0, 0.05) is 73.7 Å². The predicted molar refractivity (Wildman–Crippen MR) is 555 cm³/mol. The molecular formula is C92H110F2N20O25P4S4. The van der Waals surface area contributed by atoms with Gasteiger partial charge < -0.3 is 101 Å². The minimum atomic E-state index is -3.72. The van der Waals surface area contributed by atoms with Gasteiger partial charge in [-0.1, -0.05) is 174 Å². The Balaban J connectivity index is 0.000000187. The van der Waals surface area contributed by atoms with Crippen LogP contribution in [-0.2, 0) is 136 Å². The van der Waals surface area contributed by atoms with Gasteiger partial charge in [-0.05, 0) is 91.9 Å². The van der Waals surface area contributed by atoms with Crippen LogP contribution in [0.25, 0.3) is 44.7 Å². The molecule has 0 radical (unpaired) electrons. The first-order chi connectivity index (χ1) is 70.4. The number of imidazole rings is 4. The number of methoxy groups -OCH3 is 1. The van der Waals surface area contributed by atoms with Gasteiger partial charge >= 0.3 is 30.4 Å². The van der Waals surface area contributed by atoms with Crippen LogP contribution in [0.2, 0.25) is 0 Å². The average molecular weight is 2190 g/mol. The van der Waals surface area contributed by atoms with Crippen LogP contribution < -0.4 is 49.9 Å². The molecule has 0 spiro atoms. The molecule has 786 valence electrons. The normalized spacial score (nSPS) is 13.1. The predicted octanol–water partition coefficient (Wildman–Crippen LogP) is 14.0. The van der Waals surface area contributed by atoms with Crippen molar-refractivity contribution in [2.45, 2.75) is 101 Å². The summed E-state index contributed by atoms with van der Waals surface area (Å²) in [5.74, 6) is 0.794. The fraction of sp³-hybridized carbons (Fsp3) is 0.348. The Kier molecular flexibility index (Phi) is 44.8. The number of benzene rings is 6. The molecule has 8 heterocycles. The standard InChI is InChI=1S/C27H32N5O7PS.C26H30N5O6PS.C20H25FN5O6PS.C19H23FN5O6PS/c1-18-4-7-20(8-5-18)15-39-40(35,38-12-13-41-26(34)21-9-6-19(2)22(14-21)36-3)17-37-11-10-32-16-29-23-24(32)30-27(28)31-25(23)33;1-18-3-7-20(8-4-18)15-37-38(34,36-13-14-39-25(33)21-9-5-19(2)6-10-21)17-35-12-11-31-16-28-22-23(31)29-26(27)30-24(22)32;1-2-16(27)34-9-8-31-33(29,32-11-14-4-3-5-15(21)10-14)13-30-7-6-26-12-23-17-18(26)24-20(22)25-19(17)28;1-13(26)33-8-7-30-32(28,31-10-14-3-2-4-15(20)9-14)12-29-6-5-25-11-22-16-17(25)23-19(21)24-18(16)27/h4-9,14,16H,10-13,15,17H2,1-3H3,(H3,28,30,31,33);3-10,16H,11-15,17H2,1-2H3,(H3,27,29,30,32);3-5,10,12H,2,6-9,11,13H2,1H3,(H3,22,24,25,28);2-4,9,11H,5-8,10,12H2,1H3,(H3,21,23,24,27). The number of ether oxygens (including phenoxy) is 5. The summed E-state index contributed by atoms with van der Waals surface area (Å²) in [5, 5.41) is -0.341. The molecule has 0 bridgehead atoms. The maximum atomic E-state index is 13.6. The SMILES string of the molecule is CC(=O)SCCOP(=O)(COCCn1cnc2c(=O)[nH]c(N)nc21)OCc1cccc(F)c1.CCC(=O)SCCOP(=O)(COCCn1cnc2c(=O)[nH]c(N)nc21)OCc1cccc(F)c1.COc1cc(C(=O)SCCOP(=O)(COCCn2cnc3c(=O)[nH]c(N)nc32)OCc2ccc(C)cc2)ccc1C.Cc1ccc(COP(=O)(COCCn2cnc3c(=O)[nH]c(N)nc32)OCCSC(=O)c2ccc(C)cc2)cc1. The van der Waals surface area contributed by atoms with Crippen LogP contribution in [0.15, 0.2) is 184 Å². The second-order valence-electron chi connectivity index (χ2n) is 31.7. The first kappa shape index (κ1) is 115. The van der Waals surface area contributed by atoms with Crippen LogP contribution in [0.1, 0.15) is 85.5 Å². The molecule has 4 atom stereocenters. The number of thioether (sulfide) groups is 4. The molecule has 0 saturated carbocycles. The number of rotatable bonds is 52. The lowest BCUT2D eigenvalue weighted by atomic mass is 10.1. The lowest BCUT2D eigenvalue weighted by Crippen LogP contribution is -2.13. The van der Waals surface area contributed by atoms with Crippen molar-refractivity contribution in [3.05, 3.63) is 274 Å². The van der Waals surface area contributed by atoms with Crippen molar-refractivity contribution in [1.82, 2.24) is 78.1 Å². The van der Waals surface area contributed by atoms with Gasteiger partial charge in [0.05, 0.1) is 112 Å². The van der Waals surface area contributed by atoms with Gasteiger partial charge in [0.2, 0.25) is 34.0 Å². The Bertz CT molecular complexity index is 7270. The highest BCUT2D eigenvalue weighted by molar-refractivity contribution is 8.14. The van der Waals surface area contributed by atoms with Crippen molar-refractivity contribution in [3.8, 4) is 5.75 Å². The van der Waals surface area contributed by atoms with Gasteiger partial charge in [-0.3, -0.25) is 76.6 Å². The summed E-state index contributed by atoms with van der Waals surface area (Å²) in [7, 11) is -13.3. The second-order valence-corrected chi connectivity index (χ2v) is 44.3. The van der Waals surface area contributed by atoms with Gasteiger partial charge in [-0.15, -0.1) is 0 Å². The molecule has 0 fully saturated rings. The van der Waals surface area contributed by atoms with E-state index in [-0.39, 0.29) is 203 Å². The molecule has 14 aromatic rings. The number of carbonyl (C=O) groups is 4. The van der Waals surface area contributed by atoms with E-state index < -0.39 is 64.3 Å². The molecule has 8 aromatic heterocycles. The average Bonchev–Trinajstić information content (AvgIpc) is 1.68. The summed E-state index contributed by atoms with van der Waals surface area (Å²) in [6.07, 6.45) is 4.82. The van der Waals surface area contributed by atoms with Crippen LogP contribution in [0.3, 0.4) is 0 Å². The smallest absolute Gasteiger partial charge is 0.356 e. The molecular weight excluding hydrogens is 2080 g/mol. The molecule has 4 unspecified atom stereocenters. The van der Waals surface area contributed by atoms with Crippen LogP contribution in [0, 0.1) is 39.3 Å². The third-order valence-corrected chi connectivity index (χ3v) is 30.2. The van der Waals surface area contributed by atoms with E-state index in [9.17, 15) is 65.4 Å². The molecule has 0 aliphatic carbocycles. The van der Waals surface area contributed by atoms with E-state index in [1.54, 1.807) is 68.7 Å². The van der Waals surface area contributed by atoms with Gasteiger partial charge in [-0.25, -0.2) is 28.7 Å². The molecule has 45 nitrogen and oxygen atoms in total. The first-order valence-corrected chi connectivity index (χ1v) is 55.9. The molecule has 55 heteroatoms. The summed E-state index contributed by atoms with van der Waals surface area (Å²) in [5.41, 5.74) is 30.4. The van der Waals surface area contributed by atoms with Crippen molar-refractivity contribution in [2.24, 2.45) is 0 Å². The summed E-state index contributed by atoms with van der Waals surface area (Å²) >= 11 is 4.24. The summed E-state index contributed by atoms with van der Waals surface area (Å²) < 4.78 is 159. The number of nitrogens with zero attached hydrogens (tertiary/aromatic N) is 12. The number of H-pyrrole nitrogens is 4. The Hall–Kier alpha value is -11.9.